The molecule has 1 amide bonds. The van der Waals surface area contributed by atoms with Crippen molar-refractivity contribution < 1.29 is 13.2 Å². The number of nitrogens with one attached hydrogen (secondary N) is 1. The lowest BCUT2D eigenvalue weighted by Gasteiger charge is -2.26. The Hall–Kier alpha value is -2.04. The van der Waals surface area contributed by atoms with Gasteiger partial charge in [-0.15, -0.1) is 10.2 Å². The Kier molecular flexibility index (Phi) is 5.58. The summed E-state index contributed by atoms with van der Waals surface area (Å²) in [6.45, 7) is 0.640. The number of hydrogen-bond acceptors (Lipinski definition) is 6. The van der Waals surface area contributed by atoms with Crippen LogP contribution in [0.1, 0.15) is 21.5 Å². The molecule has 0 saturated heterocycles. The van der Waals surface area contributed by atoms with Crippen LogP contribution in [0, 0.1) is 0 Å². The van der Waals surface area contributed by atoms with Crippen LogP contribution < -0.4 is 5.32 Å². The molecule has 1 N–H and O–H groups in total. The highest BCUT2D eigenvalue weighted by atomic mass is 35.5. The van der Waals surface area contributed by atoms with Crippen LogP contribution in [0.25, 0.3) is 0 Å². The number of hydrogen-bond donors (Lipinski definition) is 1. The average Bonchev–Trinajstić information content (AvgIpc) is 3.16. The number of sulfonamides is 1. The van der Waals surface area contributed by atoms with Crippen molar-refractivity contribution in [3.63, 3.8) is 0 Å². The van der Waals surface area contributed by atoms with Crippen molar-refractivity contribution in [1.29, 1.82) is 0 Å². The van der Waals surface area contributed by atoms with E-state index in [0.717, 1.165) is 22.5 Å². The second kappa shape index (κ2) is 8.00. The molecule has 0 fully saturated rings. The molecular weight excluding hydrogens is 455 g/mol. The van der Waals surface area contributed by atoms with Crippen LogP contribution in [0.4, 0.5) is 5.13 Å². The predicted molar refractivity (Wildman–Crippen MR) is 112 cm³/mol. The third-order valence-electron chi connectivity index (χ3n) is 4.46. The molecule has 0 atom stereocenters. The molecule has 0 aliphatic carbocycles. The van der Waals surface area contributed by atoms with Gasteiger partial charge in [-0.25, -0.2) is 8.42 Å². The number of anilines is 1. The van der Waals surface area contributed by atoms with Crippen molar-refractivity contribution in [1.82, 2.24) is 14.5 Å². The Morgan fingerprint density at radius 1 is 1.10 bits per heavy atom. The number of aromatic nitrogens is 2. The first-order chi connectivity index (χ1) is 13.8. The number of benzene rings is 2. The van der Waals surface area contributed by atoms with E-state index in [2.05, 4.69) is 15.5 Å². The molecule has 1 aliphatic rings. The van der Waals surface area contributed by atoms with Gasteiger partial charge in [-0.05, 0) is 35.7 Å². The maximum Gasteiger partial charge on any atom is 0.272 e. The van der Waals surface area contributed by atoms with E-state index in [1.54, 1.807) is 0 Å². The number of fused-ring (bicyclic) bond motifs is 1. The zero-order chi connectivity index (χ0) is 20.6. The molecule has 1 aromatic heterocycles. The normalized spacial score (nSPS) is 14.4. The maximum atomic E-state index is 12.9. The first-order valence-corrected chi connectivity index (χ1v) is 11.5. The van der Waals surface area contributed by atoms with E-state index in [1.807, 2.05) is 24.3 Å². The summed E-state index contributed by atoms with van der Waals surface area (Å²) in [5, 5.41) is 10.7. The molecule has 0 saturated carbocycles. The van der Waals surface area contributed by atoms with Crippen LogP contribution in [0.2, 0.25) is 10.0 Å². The van der Waals surface area contributed by atoms with E-state index in [1.165, 1.54) is 22.5 Å². The summed E-state index contributed by atoms with van der Waals surface area (Å²) in [7, 11) is -3.81. The van der Waals surface area contributed by atoms with Gasteiger partial charge < -0.3 is 0 Å². The highest BCUT2D eigenvalue weighted by molar-refractivity contribution is 7.91. The molecule has 29 heavy (non-hydrogen) atoms. The fraction of sp³-hybridized carbons (Fsp3) is 0.167. The third-order valence-corrected chi connectivity index (χ3v) is 8.04. The molecule has 0 radical (unpaired) electrons. The summed E-state index contributed by atoms with van der Waals surface area (Å²) in [6.07, 6.45) is 0.632. The number of halogens is 2. The molecular formula is C18H14Cl2N4O3S2. The first kappa shape index (κ1) is 20.2. The zero-order valence-corrected chi connectivity index (χ0v) is 17.9. The Labute approximate surface area is 181 Å². The van der Waals surface area contributed by atoms with Gasteiger partial charge in [-0.1, -0.05) is 58.8 Å². The van der Waals surface area contributed by atoms with Gasteiger partial charge in [0.05, 0.1) is 10.6 Å². The maximum absolute atomic E-state index is 12.9. The Morgan fingerprint density at radius 2 is 1.86 bits per heavy atom. The van der Waals surface area contributed by atoms with Crippen LogP contribution in [0.15, 0.2) is 46.8 Å². The Balaban J connectivity index is 1.52. The molecule has 4 rings (SSSR count). The number of carbonyl (C=O) groups excluding carboxylic acids is 1. The van der Waals surface area contributed by atoms with Crippen molar-refractivity contribution in [3.05, 3.63) is 69.2 Å². The molecule has 0 bridgehead atoms. The molecule has 11 heteroatoms. The summed E-state index contributed by atoms with van der Waals surface area (Å²) >= 11 is 12.7. The molecule has 3 aromatic rings. The minimum atomic E-state index is -3.81. The lowest BCUT2D eigenvalue weighted by atomic mass is 10.0. The Morgan fingerprint density at radius 3 is 2.62 bits per heavy atom. The molecule has 2 aromatic carbocycles. The van der Waals surface area contributed by atoms with Crippen molar-refractivity contribution in [3.8, 4) is 0 Å². The lowest BCUT2D eigenvalue weighted by molar-refractivity contribution is 0.102. The SMILES string of the molecule is O=C(Nc1nnc(S(=O)(=O)N2CCc3ccccc3C2)s1)c1ccc(Cl)cc1Cl. The van der Waals surface area contributed by atoms with Crippen LogP contribution in [0.5, 0.6) is 0 Å². The van der Waals surface area contributed by atoms with Gasteiger partial charge >= 0.3 is 0 Å². The Bertz CT molecular complexity index is 1200. The molecule has 0 unspecified atom stereocenters. The fourth-order valence-electron chi connectivity index (χ4n) is 2.99. The quantitative estimate of drug-likeness (QED) is 0.587. The van der Waals surface area contributed by atoms with Crippen LogP contribution in [0.3, 0.4) is 0 Å². The van der Waals surface area contributed by atoms with Crippen molar-refractivity contribution in [2.24, 2.45) is 0 Å². The highest BCUT2D eigenvalue weighted by Crippen LogP contribution is 2.29. The molecule has 2 heterocycles. The zero-order valence-electron chi connectivity index (χ0n) is 14.8. The molecule has 7 nitrogen and oxygen atoms in total. The standard InChI is InChI=1S/C18H14Cl2N4O3S2/c19-13-5-6-14(15(20)9-13)16(25)21-17-22-23-18(28-17)29(26,27)24-8-7-11-3-1-2-4-12(11)10-24/h1-6,9H,7-8,10H2,(H,21,22,25). The van der Waals surface area contributed by atoms with Gasteiger partial charge in [-0.2, -0.15) is 4.31 Å². The smallest absolute Gasteiger partial charge is 0.272 e. The van der Waals surface area contributed by atoms with Gasteiger partial charge in [0.2, 0.25) is 9.47 Å². The van der Waals surface area contributed by atoms with E-state index >= 15 is 0 Å². The van der Waals surface area contributed by atoms with Gasteiger partial charge in [0.15, 0.2) is 0 Å². The molecule has 0 spiro atoms. The topological polar surface area (TPSA) is 92.3 Å². The summed E-state index contributed by atoms with van der Waals surface area (Å²) < 4.78 is 27.1. The highest BCUT2D eigenvalue weighted by Gasteiger charge is 2.31. The van der Waals surface area contributed by atoms with Gasteiger partial charge in [0.1, 0.15) is 0 Å². The molecule has 150 valence electrons. The van der Waals surface area contributed by atoms with E-state index in [9.17, 15) is 13.2 Å². The number of rotatable bonds is 4. The van der Waals surface area contributed by atoms with Crippen LogP contribution in [-0.2, 0) is 23.0 Å². The van der Waals surface area contributed by atoms with Crippen molar-refractivity contribution in [2.75, 3.05) is 11.9 Å². The second-order valence-electron chi connectivity index (χ2n) is 6.31. The van der Waals surface area contributed by atoms with E-state index < -0.39 is 15.9 Å². The van der Waals surface area contributed by atoms with Crippen molar-refractivity contribution in [2.45, 2.75) is 17.3 Å². The van der Waals surface area contributed by atoms with Gasteiger partial charge in [-0.3, -0.25) is 10.1 Å². The summed E-state index contributed by atoms with van der Waals surface area (Å²) in [5.41, 5.74) is 2.31. The fourth-order valence-corrected chi connectivity index (χ4v) is 5.93. The summed E-state index contributed by atoms with van der Waals surface area (Å²) in [5.74, 6) is -0.529. The molecule has 1 aliphatic heterocycles. The average molecular weight is 469 g/mol. The summed E-state index contributed by atoms with van der Waals surface area (Å²) in [6, 6.07) is 12.2. The predicted octanol–water partition coefficient (Wildman–Crippen LogP) is 3.84. The van der Waals surface area contributed by atoms with Gasteiger partial charge in [0, 0.05) is 18.1 Å². The minimum absolute atomic E-state index is 0.0667. The van der Waals surface area contributed by atoms with Crippen LogP contribution in [-0.4, -0.2) is 35.4 Å². The summed E-state index contributed by atoms with van der Waals surface area (Å²) in [4.78, 5) is 12.4. The third kappa shape index (κ3) is 4.15. The van der Waals surface area contributed by atoms with Crippen molar-refractivity contribution >= 4 is 55.6 Å². The lowest BCUT2D eigenvalue weighted by Crippen LogP contribution is -2.35. The second-order valence-corrected chi connectivity index (χ2v) is 10.2. The number of amides is 1. The monoisotopic (exact) mass is 468 g/mol. The largest absolute Gasteiger partial charge is 0.296 e. The minimum Gasteiger partial charge on any atom is -0.296 e. The van der Waals surface area contributed by atoms with Crippen LogP contribution >= 0.6 is 34.5 Å². The van der Waals surface area contributed by atoms with E-state index in [-0.39, 0.29) is 26.6 Å². The first-order valence-electron chi connectivity index (χ1n) is 8.51. The number of carbonyl (C=O) groups is 1. The number of nitrogens with zero attached hydrogens (tertiary/aromatic N) is 3. The van der Waals surface area contributed by atoms with Gasteiger partial charge in [0.25, 0.3) is 15.9 Å². The van der Waals surface area contributed by atoms with E-state index in [0.29, 0.717) is 18.0 Å². The van der Waals surface area contributed by atoms with E-state index in [4.69, 9.17) is 23.2 Å².